The summed E-state index contributed by atoms with van der Waals surface area (Å²) in [6.45, 7) is 2.75. The molecule has 0 saturated carbocycles. The first-order valence-electron chi connectivity index (χ1n) is 8.97. The summed E-state index contributed by atoms with van der Waals surface area (Å²) in [5, 5.41) is 6.55. The monoisotopic (exact) mass is 515 g/mol. The van der Waals surface area contributed by atoms with Crippen LogP contribution >= 0.6 is 24.0 Å². The van der Waals surface area contributed by atoms with Crippen molar-refractivity contribution in [1.29, 1.82) is 0 Å². The van der Waals surface area contributed by atoms with Gasteiger partial charge >= 0.3 is 0 Å². The van der Waals surface area contributed by atoms with Gasteiger partial charge in [0, 0.05) is 31.4 Å². The number of aliphatic imine (C=N–C) groups is 1. The van der Waals surface area contributed by atoms with Crippen LogP contribution in [0.15, 0.2) is 35.3 Å². The molecular formula is C21H30IN3O4. The highest BCUT2D eigenvalue weighted by Crippen LogP contribution is 2.39. The zero-order chi connectivity index (χ0) is 20.5. The molecule has 8 heteroatoms. The zero-order valence-electron chi connectivity index (χ0n) is 17.8. The number of rotatable bonds is 8. The van der Waals surface area contributed by atoms with E-state index in [-0.39, 0.29) is 24.0 Å². The van der Waals surface area contributed by atoms with Crippen LogP contribution in [0.25, 0.3) is 0 Å². The number of aryl methyl sites for hydroxylation is 1. The minimum atomic E-state index is 0. The van der Waals surface area contributed by atoms with Gasteiger partial charge in [-0.25, -0.2) is 0 Å². The van der Waals surface area contributed by atoms with E-state index in [0.29, 0.717) is 23.2 Å². The van der Waals surface area contributed by atoms with Gasteiger partial charge in [0.1, 0.15) is 5.75 Å². The molecule has 0 aromatic heterocycles. The molecule has 0 bridgehead atoms. The van der Waals surface area contributed by atoms with E-state index in [4.69, 9.17) is 18.9 Å². The first-order chi connectivity index (χ1) is 13.6. The molecule has 160 valence electrons. The molecule has 0 aliphatic heterocycles. The first-order valence-corrected chi connectivity index (χ1v) is 8.97. The van der Waals surface area contributed by atoms with Crippen LogP contribution in [0.2, 0.25) is 0 Å². The Kier molecular flexibility index (Phi) is 10.4. The van der Waals surface area contributed by atoms with Crippen LogP contribution in [-0.2, 0) is 6.42 Å². The molecule has 2 N–H and O–H groups in total. The van der Waals surface area contributed by atoms with Gasteiger partial charge < -0.3 is 29.6 Å². The molecule has 7 nitrogen and oxygen atoms in total. The molecule has 0 aliphatic rings. The molecular weight excluding hydrogens is 485 g/mol. The zero-order valence-corrected chi connectivity index (χ0v) is 20.1. The Morgan fingerprint density at radius 2 is 1.52 bits per heavy atom. The van der Waals surface area contributed by atoms with Crippen LogP contribution in [0.5, 0.6) is 23.0 Å². The van der Waals surface area contributed by atoms with E-state index in [9.17, 15) is 0 Å². The van der Waals surface area contributed by atoms with Crippen LogP contribution in [-0.4, -0.2) is 48.0 Å². The number of benzene rings is 2. The molecule has 29 heavy (non-hydrogen) atoms. The van der Waals surface area contributed by atoms with Gasteiger partial charge in [-0.3, -0.25) is 4.99 Å². The van der Waals surface area contributed by atoms with Crippen LogP contribution < -0.4 is 29.6 Å². The van der Waals surface area contributed by atoms with Gasteiger partial charge in [0.05, 0.1) is 28.4 Å². The van der Waals surface area contributed by atoms with Crippen molar-refractivity contribution >= 4 is 35.6 Å². The number of anilines is 1. The quantitative estimate of drug-likeness (QED) is 0.316. The van der Waals surface area contributed by atoms with Crippen molar-refractivity contribution in [3.63, 3.8) is 0 Å². The third-order valence-corrected chi connectivity index (χ3v) is 4.33. The maximum absolute atomic E-state index is 5.39. The van der Waals surface area contributed by atoms with Gasteiger partial charge in [0.25, 0.3) is 0 Å². The average Bonchev–Trinajstić information content (AvgIpc) is 2.73. The van der Waals surface area contributed by atoms with Crippen LogP contribution in [0.3, 0.4) is 0 Å². The Morgan fingerprint density at radius 3 is 2.03 bits per heavy atom. The van der Waals surface area contributed by atoms with Gasteiger partial charge in [-0.2, -0.15) is 0 Å². The Morgan fingerprint density at radius 1 is 0.897 bits per heavy atom. The number of methoxy groups -OCH3 is 4. The predicted molar refractivity (Wildman–Crippen MR) is 128 cm³/mol. The molecule has 0 radical (unpaired) electrons. The summed E-state index contributed by atoms with van der Waals surface area (Å²) < 4.78 is 21.5. The van der Waals surface area contributed by atoms with Crippen molar-refractivity contribution in [3.05, 3.63) is 41.5 Å². The molecule has 0 fully saturated rings. The summed E-state index contributed by atoms with van der Waals surface area (Å²) in [5.74, 6) is 3.25. The van der Waals surface area contributed by atoms with Crippen molar-refractivity contribution in [2.24, 2.45) is 4.99 Å². The lowest BCUT2D eigenvalue weighted by atomic mass is 10.1. The SMILES string of the molecule is CN=C(NCCc1ccc(C)c(OC)c1)Nc1cc(OC)c(OC)c(OC)c1.I. The van der Waals surface area contributed by atoms with Gasteiger partial charge in [0.15, 0.2) is 17.5 Å². The highest BCUT2D eigenvalue weighted by atomic mass is 127. The molecule has 2 aromatic carbocycles. The maximum atomic E-state index is 5.39. The summed E-state index contributed by atoms with van der Waals surface area (Å²) in [6, 6.07) is 9.90. The fourth-order valence-corrected chi connectivity index (χ4v) is 2.81. The second kappa shape index (κ2) is 12.3. The van der Waals surface area contributed by atoms with Crippen molar-refractivity contribution in [2.75, 3.05) is 47.3 Å². The number of hydrogen-bond acceptors (Lipinski definition) is 5. The topological polar surface area (TPSA) is 73.3 Å². The van der Waals surface area contributed by atoms with Crippen molar-refractivity contribution in [3.8, 4) is 23.0 Å². The fraction of sp³-hybridized carbons (Fsp3) is 0.381. The van der Waals surface area contributed by atoms with Crippen molar-refractivity contribution < 1.29 is 18.9 Å². The molecule has 0 amide bonds. The maximum Gasteiger partial charge on any atom is 0.203 e. The number of hydrogen-bond donors (Lipinski definition) is 2. The molecule has 0 heterocycles. The summed E-state index contributed by atoms with van der Waals surface area (Å²) in [5.41, 5.74) is 3.09. The minimum Gasteiger partial charge on any atom is -0.496 e. The van der Waals surface area contributed by atoms with E-state index in [2.05, 4.69) is 33.8 Å². The van der Waals surface area contributed by atoms with E-state index >= 15 is 0 Å². The van der Waals surface area contributed by atoms with Gasteiger partial charge in [0.2, 0.25) is 5.75 Å². The predicted octanol–water partition coefficient (Wildman–Crippen LogP) is 3.88. The Balaban J connectivity index is 0.00000420. The smallest absolute Gasteiger partial charge is 0.203 e. The third-order valence-electron chi connectivity index (χ3n) is 4.33. The van der Waals surface area contributed by atoms with E-state index in [1.54, 1.807) is 35.5 Å². The van der Waals surface area contributed by atoms with E-state index < -0.39 is 0 Å². The number of nitrogens with zero attached hydrogens (tertiary/aromatic N) is 1. The van der Waals surface area contributed by atoms with Crippen molar-refractivity contribution in [1.82, 2.24) is 5.32 Å². The number of nitrogens with one attached hydrogen (secondary N) is 2. The minimum absolute atomic E-state index is 0. The summed E-state index contributed by atoms with van der Waals surface area (Å²) in [6.07, 6.45) is 0.840. The molecule has 0 atom stereocenters. The lowest BCUT2D eigenvalue weighted by Gasteiger charge is -2.16. The highest BCUT2D eigenvalue weighted by molar-refractivity contribution is 14.0. The summed E-state index contributed by atoms with van der Waals surface area (Å²) in [7, 11) is 8.16. The number of guanidine groups is 1. The average molecular weight is 515 g/mol. The van der Waals surface area contributed by atoms with E-state index in [0.717, 1.165) is 30.0 Å². The molecule has 0 spiro atoms. The second-order valence-corrected chi connectivity index (χ2v) is 6.09. The van der Waals surface area contributed by atoms with Gasteiger partial charge in [-0.15, -0.1) is 24.0 Å². The summed E-state index contributed by atoms with van der Waals surface area (Å²) >= 11 is 0. The Hall–Kier alpha value is -2.36. The molecule has 0 aliphatic carbocycles. The van der Waals surface area contributed by atoms with E-state index in [1.165, 1.54) is 5.56 Å². The van der Waals surface area contributed by atoms with E-state index in [1.807, 2.05) is 19.1 Å². The second-order valence-electron chi connectivity index (χ2n) is 6.09. The van der Waals surface area contributed by atoms with Crippen LogP contribution in [0.1, 0.15) is 11.1 Å². The first kappa shape index (κ1) is 24.7. The number of halogens is 1. The standard InChI is InChI=1S/C21H29N3O4.HI/c1-14-7-8-15(11-17(14)25-3)9-10-23-21(22-2)24-16-12-18(26-4)20(28-6)19(13-16)27-5;/h7-8,11-13H,9-10H2,1-6H3,(H2,22,23,24);1H. The van der Waals surface area contributed by atoms with Gasteiger partial charge in [-0.1, -0.05) is 12.1 Å². The third kappa shape index (κ3) is 6.59. The normalized spacial score (nSPS) is 10.6. The largest absolute Gasteiger partial charge is 0.496 e. The Labute approximate surface area is 189 Å². The highest BCUT2D eigenvalue weighted by Gasteiger charge is 2.14. The lowest BCUT2D eigenvalue weighted by Crippen LogP contribution is -2.32. The summed E-state index contributed by atoms with van der Waals surface area (Å²) in [4.78, 5) is 4.27. The molecule has 2 rings (SSSR count). The van der Waals surface area contributed by atoms with Crippen molar-refractivity contribution in [2.45, 2.75) is 13.3 Å². The molecule has 2 aromatic rings. The fourth-order valence-electron chi connectivity index (χ4n) is 2.81. The van der Waals surface area contributed by atoms with Crippen LogP contribution in [0, 0.1) is 6.92 Å². The number of ether oxygens (including phenoxy) is 4. The lowest BCUT2D eigenvalue weighted by molar-refractivity contribution is 0.324. The van der Waals surface area contributed by atoms with Gasteiger partial charge in [-0.05, 0) is 30.5 Å². The van der Waals surface area contributed by atoms with Crippen LogP contribution in [0.4, 0.5) is 5.69 Å². The molecule has 0 unspecified atom stereocenters. The Bertz CT molecular complexity index is 803. The molecule has 0 saturated heterocycles.